The molecular formula is C14H25N3O3. The Morgan fingerprint density at radius 1 is 1.10 bits per heavy atom. The van der Waals surface area contributed by atoms with Crippen molar-refractivity contribution in [1.82, 2.24) is 10.6 Å². The second-order valence-corrected chi connectivity index (χ2v) is 5.92. The fourth-order valence-electron chi connectivity index (χ4n) is 2.75. The molecule has 3 amide bonds. The molecule has 114 valence electrons. The fourth-order valence-corrected chi connectivity index (χ4v) is 2.75. The molecule has 1 aliphatic carbocycles. The SMILES string of the molecule is CC(=O)NC1(C(=O)NC(C(N)=O)C(C)C)CCCCC1. The smallest absolute Gasteiger partial charge is 0.246 e. The number of amides is 3. The van der Waals surface area contributed by atoms with Crippen molar-refractivity contribution in [2.75, 3.05) is 0 Å². The van der Waals surface area contributed by atoms with Gasteiger partial charge in [-0.2, -0.15) is 0 Å². The van der Waals surface area contributed by atoms with Crippen molar-refractivity contribution in [2.45, 2.75) is 64.5 Å². The van der Waals surface area contributed by atoms with Crippen molar-refractivity contribution in [3.8, 4) is 0 Å². The largest absolute Gasteiger partial charge is 0.368 e. The van der Waals surface area contributed by atoms with Gasteiger partial charge in [0.25, 0.3) is 0 Å². The molecule has 6 nitrogen and oxygen atoms in total. The highest BCUT2D eigenvalue weighted by Crippen LogP contribution is 2.28. The first-order valence-electron chi connectivity index (χ1n) is 7.17. The number of hydrogen-bond acceptors (Lipinski definition) is 3. The standard InChI is InChI=1S/C14H25N3O3/c1-9(2)11(12(15)19)16-13(20)14(17-10(3)18)7-5-4-6-8-14/h9,11H,4-8H2,1-3H3,(H2,15,19)(H,16,20)(H,17,18). The summed E-state index contributed by atoms with van der Waals surface area (Å²) >= 11 is 0. The lowest BCUT2D eigenvalue weighted by molar-refractivity contribution is -0.137. The fraction of sp³-hybridized carbons (Fsp3) is 0.786. The van der Waals surface area contributed by atoms with Crippen LogP contribution in [0.15, 0.2) is 0 Å². The van der Waals surface area contributed by atoms with Crippen LogP contribution in [0, 0.1) is 5.92 Å². The molecule has 0 aliphatic heterocycles. The van der Waals surface area contributed by atoms with Crippen molar-refractivity contribution >= 4 is 17.7 Å². The third kappa shape index (κ3) is 3.95. The molecule has 0 spiro atoms. The Kier molecular flexibility index (Phi) is 5.53. The molecule has 20 heavy (non-hydrogen) atoms. The van der Waals surface area contributed by atoms with E-state index in [9.17, 15) is 14.4 Å². The van der Waals surface area contributed by atoms with Crippen molar-refractivity contribution in [3.05, 3.63) is 0 Å². The molecule has 0 heterocycles. The molecule has 1 aliphatic rings. The van der Waals surface area contributed by atoms with Gasteiger partial charge in [-0.1, -0.05) is 33.1 Å². The van der Waals surface area contributed by atoms with E-state index in [1.54, 1.807) is 0 Å². The third-order valence-electron chi connectivity index (χ3n) is 3.82. The first-order chi connectivity index (χ1) is 9.28. The van der Waals surface area contributed by atoms with E-state index < -0.39 is 17.5 Å². The van der Waals surface area contributed by atoms with Crippen LogP contribution < -0.4 is 16.4 Å². The second-order valence-electron chi connectivity index (χ2n) is 5.92. The van der Waals surface area contributed by atoms with E-state index in [0.29, 0.717) is 12.8 Å². The Balaban J connectivity index is 2.87. The minimum atomic E-state index is -0.896. The average Bonchev–Trinajstić information content (AvgIpc) is 2.35. The van der Waals surface area contributed by atoms with Gasteiger partial charge >= 0.3 is 0 Å². The molecule has 0 bridgehead atoms. The highest BCUT2D eigenvalue weighted by atomic mass is 16.2. The maximum atomic E-state index is 12.5. The number of carbonyl (C=O) groups excluding carboxylic acids is 3. The Hall–Kier alpha value is -1.59. The molecule has 1 fully saturated rings. The van der Waals surface area contributed by atoms with Crippen LogP contribution in [0.5, 0.6) is 0 Å². The van der Waals surface area contributed by atoms with Gasteiger partial charge in [0.1, 0.15) is 11.6 Å². The zero-order valence-corrected chi connectivity index (χ0v) is 12.5. The summed E-state index contributed by atoms with van der Waals surface area (Å²) < 4.78 is 0. The molecule has 1 rings (SSSR count). The van der Waals surface area contributed by atoms with Gasteiger partial charge in [0.2, 0.25) is 17.7 Å². The van der Waals surface area contributed by atoms with Crippen LogP contribution in [0.2, 0.25) is 0 Å². The average molecular weight is 283 g/mol. The Morgan fingerprint density at radius 3 is 2.05 bits per heavy atom. The normalized spacial score (nSPS) is 19.2. The van der Waals surface area contributed by atoms with Crippen LogP contribution in [0.1, 0.15) is 52.9 Å². The lowest BCUT2D eigenvalue weighted by atomic mass is 9.80. The molecule has 0 aromatic heterocycles. The van der Waals surface area contributed by atoms with Gasteiger partial charge in [-0.05, 0) is 18.8 Å². The van der Waals surface area contributed by atoms with Crippen LogP contribution in [-0.4, -0.2) is 29.3 Å². The van der Waals surface area contributed by atoms with Gasteiger partial charge in [0, 0.05) is 6.92 Å². The lowest BCUT2D eigenvalue weighted by Gasteiger charge is -2.37. The van der Waals surface area contributed by atoms with Crippen molar-refractivity contribution in [3.63, 3.8) is 0 Å². The van der Waals surface area contributed by atoms with E-state index in [1.807, 2.05) is 13.8 Å². The number of primary amides is 1. The molecule has 1 atom stereocenters. The molecular weight excluding hydrogens is 258 g/mol. The van der Waals surface area contributed by atoms with Crippen LogP contribution in [-0.2, 0) is 14.4 Å². The Morgan fingerprint density at radius 2 is 1.65 bits per heavy atom. The van der Waals surface area contributed by atoms with Crippen LogP contribution in [0.3, 0.4) is 0 Å². The van der Waals surface area contributed by atoms with E-state index in [2.05, 4.69) is 10.6 Å². The van der Waals surface area contributed by atoms with E-state index in [-0.39, 0.29) is 17.7 Å². The van der Waals surface area contributed by atoms with Gasteiger partial charge in [-0.15, -0.1) is 0 Å². The zero-order chi connectivity index (χ0) is 15.3. The van der Waals surface area contributed by atoms with Crippen LogP contribution in [0.4, 0.5) is 0 Å². The molecule has 6 heteroatoms. The maximum Gasteiger partial charge on any atom is 0.246 e. The zero-order valence-electron chi connectivity index (χ0n) is 12.5. The topological polar surface area (TPSA) is 101 Å². The lowest BCUT2D eigenvalue weighted by Crippen LogP contribution is -2.62. The van der Waals surface area contributed by atoms with Crippen molar-refractivity contribution in [2.24, 2.45) is 11.7 Å². The van der Waals surface area contributed by atoms with Crippen molar-refractivity contribution < 1.29 is 14.4 Å². The van der Waals surface area contributed by atoms with Gasteiger partial charge in [-0.3, -0.25) is 14.4 Å². The summed E-state index contributed by atoms with van der Waals surface area (Å²) in [5, 5.41) is 5.48. The summed E-state index contributed by atoms with van der Waals surface area (Å²) in [5.41, 5.74) is 4.42. The summed E-state index contributed by atoms with van der Waals surface area (Å²) in [5.74, 6) is -1.18. The van der Waals surface area contributed by atoms with Crippen LogP contribution >= 0.6 is 0 Å². The van der Waals surface area contributed by atoms with Gasteiger partial charge < -0.3 is 16.4 Å². The highest BCUT2D eigenvalue weighted by Gasteiger charge is 2.41. The Labute approximate surface area is 119 Å². The summed E-state index contributed by atoms with van der Waals surface area (Å²) in [6.07, 6.45) is 4.02. The van der Waals surface area contributed by atoms with Crippen LogP contribution in [0.25, 0.3) is 0 Å². The molecule has 0 radical (unpaired) electrons. The Bertz CT molecular complexity index is 387. The molecule has 0 aromatic carbocycles. The minimum absolute atomic E-state index is 0.0885. The summed E-state index contributed by atoms with van der Waals surface area (Å²) in [6.45, 7) is 5.04. The molecule has 1 saturated carbocycles. The number of hydrogen-bond donors (Lipinski definition) is 3. The monoisotopic (exact) mass is 283 g/mol. The van der Waals surface area contributed by atoms with E-state index >= 15 is 0 Å². The summed E-state index contributed by atoms with van der Waals surface area (Å²) in [6, 6.07) is -0.713. The second kappa shape index (κ2) is 6.72. The maximum absolute atomic E-state index is 12.5. The number of nitrogens with two attached hydrogens (primary N) is 1. The van der Waals surface area contributed by atoms with Gasteiger partial charge in [-0.25, -0.2) is 0 Å². The quantitative estimate of drug-likeness (QED) is 0.682. The highest BCUT2D eigenvalue weighted by molar-refractivity contribution is 5.94. The third-order valence-corrected chi connectivity index (χ3v) is 3.82. The summed E-state index contributed by atoms with van der Waals surface area (Å²) in [7, 11) is 0. The number of rotatable bonds is 5. The van der Waals surface area contributed by atoms with Gasteiger partial charge in [0.15, 0.2) is 0 Å². The first kappa shape index (κ1) is 16.5. The first-order valence-corrected chi connectivity index (χ1v) is 7.17. The minimum Gasteiger partial charge on any atom is -0.368 e. The molecule has 0 saturated heterocycles. The van der Waals surface area contributed by atoms with Crippen molar-refractivity contribution in [1.29, 1.82) is 0 Å². The van der Waals surface area contributed by atoms with E-state index in [0.717, 1.165) is 19.3 Å². The number of nitrogens with one attached hydrogen (secondary N) is 2. The number of carbonyl (C=O) groups is 3. The predicted molar refractivity (Wildman–Crippen MR) is 75.6 cm³/mol. The van der Waals surface area contributed by atoms with E-state index in [1.165, 1.54) is 6.92 Å². The van der Waals surface area contributed by atoms with Gasteiger partial charge in [0.05, 0.1) is 0 Å². The molecule has 4 N–H and O–H groups in total. The summed E-state index contributed by atoms with van der Waals surface area (Å²) in [4.78, 5) is 35.3. The molecule has 0 aromatic rings. The predicted octanol–water partition coefficient (Wildman–Crippen LogP) is 0.451. The van der Waals surface area contributed by atoms with E-state index in [4.69, 9.17) is 5.73 Å². The molecule has 1 unspecified atom stereocenters.